The maximum Gasteiger partial charge on any atom is 0.226 e. The number of benzene rings is 2. The Balaban J connectivity index is 0.00000108. The van der Waals surface area contributed by atoms with Crippen LogP contribution in [0.25, 0.3) is 10.2 Å². The molecule has 2 aromatic carbocycles. The van der Waals surface area contributed by atoms with Crippen LogP contribution < -0.4 is 4.57 Å². The van der Waals surface area contributed by atoms with Gasteiger partial charge < -0.3 is 0 Å². The normalized spacial score (nSPS) is 10.1. The number of nitrogens with zero attached hydrogens (tertiary/aromatic N) is 1. The van der Waals surface area contributed by atoms with E-state index in [2.05, 4.69) is 64.7 Å². The molecule has 0 saturated heterocycles. The first kappa shape index (κ1) is 12.3. The number of thiazole rings is 1. The average Bonchev–Trinajstić information content (AvgIpc) is 2.74. The third kappa shape index (κ3) is 2.56. The first-order chi connectivity index (χ1) is 7.93. The summed E-state index contributed by atoms with van der Waals surface area (Å²) in [6.45, 7) is 0.949. The summed E-state index contributed by atoms with van der Waals surface area (Å²) in [6.07, 6.45) is 0. The van der Waals surface area contributed by atoms with Crippen LogP contribution >= 0.6 is 28.3 Å². The van der Waals surface area contributed by atoms with Crippen molar-refractivity contribution in [3.8, 4) is 0 Å². The highest BCUT2D eigenvalue weighted by molar-refractivity contribution is 8.93. The van der Waals surface area contributed by atoms with Gasteiger partial charge in [0.05, 0.1) is 0 Å². The minimum atomic E-state index is 0. The van der Waals surface area contributed by atoms with Crippen molar-refractivity contribution in [1.29, 1.82) is 0 Å². The molecular formula is C14H13BrNS+. The van der Waals surface area contributed by atoms with Crippen LogP contribution in [0.5, 0.6) is 0 Å². The van der Waals surface area contributed by atoms with Gasteiger partial charge in [-0.15, -0.1) is 17.0 Å². The van der Waals surface area contributed by atoms with Gasteiger partial charge in [0.15, 0.2) is 6.54 Å². The molecule has 0 aliphatic carbocycles. The van der Waals surface area contributed by atoms with Crippen molar-refractivity contribution in [3.63, 3.8) is 0 Å². The van der Waals surface area contributed by atoms with Gasteiger partial charge in [-0.3, -0.25) is 0 Å². The summed E-state index contributed by atoms with van der Waals surface area (Å²) in [7, 11) is 0. The lowest BCUT2D eigenvalue weighted by molar-refractivity contribution is -0.658. The van der Waals surface area contributed by atoms with Crippen molar-refractivity contribution in [3.05, 3.63) is 65.7 Å². The van der Waals surface area contributed by atoms with Gasteiger partial charge in [-0.2, -0.15) is 4.57 Å². The van der Waals surface area contributed by atoms with Crippen molar-refractivity contribution in [2.45, 2.75) is 6.54 Å². The molecule has 1 heterocycles. The van der Waals surface area contributed by atoms with E-state index in [0.29, 0.717) is 0 Å². The van der Waals surface area contributed by atoms with Crippen LogP contribution in [0, 0.1) is 0 Å². The molecule has 1 nitrogen and oxygen atoms in total. The Morgan fingerprint density at radius 2 is 1.59 bits per heavy atom. The molecule has 0 aliphatic heterocycles. The van der Waals surface area contributed by atoms with Crippen LogP contribution in [-0.4, -0.2) is 0 Å². The minimum Gasteiger partial charge on any atom is -0.184 e. The number of hydrogen-bond donors (Lipinski definition) is 0. The van der Waals surface area contributed by atoms with Crippen LogP contribution in [0.3, 0.4) is 0 Å². The molecule has 3 aromatic rings. The van der Waals surface area contributed by atoms with E-state index in [-0.39, 0.29) is 17.0 Å². The topological polar surface area (TPSA) is 3.88 Å². The molecule has 0 bridgehead atoms. The first-order valence-corrected chi connectivity index (χ1v) is 6.21. The second-order valence-corrected chi connectivity index (χ2v) is 4.69. The smallest absolute Gasteiger partial charge is 0.184 e. The Kier molecular flexibility index (Phi) is 3.92. The molecule has 1 aromatic heterocycles. The van der Waals surface area contributed by atoms with E-state index < -0.39 is 0 Å². The van der Waals surface area contributed by atoms with Gasteiger partial charge >= 0.3 is 0 Å². The maximum absolute atomic E-state index is 2.30. The lowest BCUT2D eigenvalue weighted by Crippen LogP contribution is -2.31. The Morgan fingerprint density at radius 3 is 2.41 bits per heavy atom. The molecule has 0 amide bonds. The van der Waals surface area contributed by atoms with Crippen molar-refractivity contribution in [1.82, 2.24) is 0 Å². The summed E-state index contributed by atoms with van der Waals surface area (Å²) in [5.74, 6) is 0. The largest absolute Gasteiger partial charge is 0.226 e. The molecule has 0 radical (unpaired) electrons. The SMILES string of the molecule is Br.c1ccc(C[n+]2csc3ccccc32)cc1. The fourth-order valence-corrected chi connectivity index (χ4v) is 2.77. The van der Waals surface area contributed by atoms with E-state index in [4.69, 9.17) is 0 Å². The highest BCUT2D eigenvalue weighted by Crippen LogP contribution is 2.15. The molecule has 3 rings (SSSR count). The third-order valence-corrected chi connectivity index (χ3v) is 3.64. The Morgan fingerprint density at radius 1 is 0.882 bits per heavy atom. The molecule has 0 fully saturated rings. The van der Waals surface area contributed by atoms with Crippen LogP contribution in [0.15, 0.2) is 60.1 Å². The molecule has 3 heteroatoms. The average molecular weight is 307 g/mol. The van der Waals surface area contributed by atoms with E-state index in [1.54, 1.807) is 11.3 Å². The molecule has 0 N–H and O–H groups in total. The van der Waals surface area contributed by atoms with Crippen molar-refractivity contribution in [2.24, 2.45) is 0 Å². The second-order valence-electron chi connectivity index (χ2n) is 3.80. The predicted molar refractivity (Wildman–Crippen MR) is 77.9 cm³/mol. The summed E-state index contributed by atoms with van der Waals surface area (Å²) < 4.78 is 3.65. The molecule has 17 heavy (non-hydrogen) atoms. The van der Waals surface area contributed by atoms with Gasteiger partial charge in [-0.1, -0.05) is 53.8 Å². The van der Waals surface area contributed by atoms with Gasteiger partial charge in [-0.05, 0) is 6.07 Å². The monoisotopic (exact) mass is 306 g/mol. The van der Waals surface area contributed by atoms with Crippen molar-refractivity contribution < 1.29 is 4.57 Å². The minimum absolute atomic E-state index is 0. The van der Waals surface area contributed by atoms with E-state index in [9.17, 15) is 0 Å². The Hall–Kier alpha value is -1.19. The van der Waals surface area contributed by atoms with E-state index in [0.717, 1.165) is 6.54 Å². The van der Waals surface area contributed by atoms with Crippen molar-refractivity contribution >= 4 is 38.5 Å². The third-order valence-electron chi connectivity index (χ3n) is 2.68. The van der Waals surface area contributed by atoms with Gasteiger partial charge in [0, 0.05) is 11.6 Å². The molecule has 0 atom stereocenters. The number of aromatic nitrogens is 1. The zero-order chi connectivity index (χ0) is 10.8. The molecule has 86 valence electrons. The lowest BCUT2D eigenvalue weighted by Gasteiger charge is -1.95. The predicted octanol–water partition coefficient (Wildman–Crippen LogP) is 3.82. The second kappa shape index (κ2) is 5.43. The van der Waals surface area contributed by atoms with E-state index >= 15 is 0 Å². The van der Waals surface area contributed by atoms with Gasteiger partial charge in [-0.25, -0.2) is 0 Å². The van der Waals surface area contributed by atoms with Crippen LogP contribution in [0.4, 0.5) is 0 Å². The summed E-state index contributed by atoms with van der Waals surface area (Å²) in [5, 5.41) is 0. The summed E-state index contributed by atoms with van der Waals surface area (Å²) in [6, 6.07) is 19.1. The highest BCUT2D eigenvalue weighted by atomic mass is 79.9. The maximum atomic E-state index is 2.30. The standard InChI is InChI=1S/C14H12NS.BrH/c1-2-6-12(7-3-1)10-15-11-16-14-9-5-4-8-13(14)15;/h1-9,11H,10H2;1H/q+1;. The zero-order valence-corrected chi connectivity index (χ0v) is 11.8. The number of rotatable bonds is 2. The molecule has 0 unspecified atom stereocenters. The summed E-state index contributed by atoms with van der Waals surface area (Å²) in [4.78, 5) is 0. The summed E-state index contributed by atoms with van der Waals surface area (Å²) >= 11 is 1.80. The number of hydrogen-bond acceptors (Lipinski definition) is 1. The molecule has 0 spiro atoms. The van der Waals surface area contributed by atoms with Gasteiger partial charge in [0.25, 0.3) is 0 Å². The van der Waals surface area contributed by atoms with E-state index in [1.165, 1.54) is 15.8 Å². The van der Waals surface area contributed by atoms with Gasteiger partial charge in [0.2, 0.25) is 11.0 Å². The molecule has 0 saturated carbocycles. The number of halogens is 1. The van der Waals surface area contributed by atoms with E-state index in [1.807, 2.05) is 0 Å². The molecule has 0 aliphatic rings. The Bertz CT molecular complexity index is 604. The quantitative estimate of drug-likeness (QED) is 0.634. The lowest BCUT2D eigenvalue weighted by atomic mass is 10.2. The fraction of sp³-hybridized carbons (Fsp3) is 0.0714. The van der Waals surface area contributed by atoms with Gasteiger partial charge in [0.1, 0.15) is 4.70 Å². The Labute approximate surface area is 115 Å². The number of fused-ring (bicyclic) bond motifs is 1. The zero-order valence-electron chi connectivity index (χ0n) is 9.24. The first-order valence-electron chi connectivity index (χ1n) is 5.33. The van der Waals surface area contributed by atoms with Crippen LogP contribution in [-0.2, 0) is 6.54 Å². The van der Waals surface area contributed by atoms with Crippen LogP contribution in [0.2, 0.25) is 0 Å². The number of para-hydroxylation sites is 1. The molecular weight excluding hydrogens is 294 g/mol. The summed E-state index contributed by atoms with van der Waals surface area (Å²) in [5.41, 5.74) is 4.85. The fourth-order valence-electron chi connectivity index (χ4n) is 1.87. The van der Waals surface area contributed by atoms with Crippen LogP contribution in [0.1, 0.15) is 5.56 Å². The highest BCUT2D eigenvalue weighted by Gasteiger charge is 2.10. The van der Waals surface area contributed by atoms with Crippen molar-refractivity contribution in [2.75, 3.05) is 0 Å².